The van der Waals surface area contributed by atoms with Gasteiger partial charge in [0.2, 0.25) is 11.8 Å². The minimum absolute atomic E-state index is 0.0458. The predicted octanol–water partition coefficient (Wildman–Crippen LogP) is 4.18. The van der Waals surface area contributed by atoms with E-state index in [-0.39, 0.29) is 11.7 Å². The van der Waals surface area contributed by atoms with Crippen LogP contribution in [-0.2, 0) is 6.42 Å². The maximum Gasteiger partial charge on any atom is 0.229 e. The number of fused-ring (bicyclic) bond motifs is 1. The van der Waals surface area contributed by atoms with Crippen molar-refractivity contribution in [2.45, 2.75) is 25.7 Å². The molecule has 1 aliphatic rings. The summed E-state index contributed by atoms with van der Waals surface area (Å²) in [5, 5.41) is 14.5. The molecule has 0 radical (unpaired) electrons. The van der Waals surface area contributed by atoms with Crippen molar-refractivity contribution in [3.05, 3.63) is 88.7 Å². The third kappa shape index (κ3) is 2.91. The van der Waals surface area contributed by atoms with Crippen LogP contribution in [-0.4, -0.2) is 9.78 Å². The molecule has 140 valence electrons. The van der Waals surface area contributed by atoms with E-state index in [1.165, 1.54) is 12.1 Å². The molecule has 6 heteroatoms. The Morgan fingerprint density at radius 1 is 1.18 bits per heavy atom. The van der Waals surface area contributed by atoms with Crippen molar-refractivity contribution in [1.82, 2.24) is 9.78 Å². The topological polar surface area (TPSA) is 76.9 Å². The number of aryl methyl sites for hydroxylation is 1. The van der Waals surface area contributed by atoms with Crippen molar-refractivity contribution in [2.75, 3.05) is 0 Å². The molecule has 3 aromatic rings. The van der Waals surface area contributed by atoms with Crippen LogP contribution in [0.4, 0.5) is 4.39 Å². The molecule has 0 fully saturated rings. The van der Waals surface area contributed by atoms with Gasteiger partial charge in [0.15, 0.2) is 0 Å². The first-order valence-electron chi connectivity index (χ1n) is 9.14. The number of para-hydroxylation sites is 1. The lowest BCUT2D eigenvalue weighted by Gasteiger charge is -2.25. The highest BCUT2D eigenvalue weighted by atomic mass is 19.1. The molecule has 4 rings (SSSR count). The number of benzene rings is 2. The number of aromatic nitrogens is 2. The summed E-state index contributed by atoms with van der Waals surface area (Å²) in [6.45, 7) is 2.07. The van der Waals surface area contributed by atoms with Gasteiger partial charge in [0, 0.05) is 0 Å². The standard InChI is InChI=1S/C22H19FN4O/c1-2-6-18-20-19(14-9-11-15(23)12-10-14)17(13-24)21(25)28-22(20)27(26-18)16-7-4-3-5-8-16/h3-5,7-12,19H,2,6,25H2,1H3. The smallest absolute Gasteiger partial charge is 0.229 e. The number of hydrogen-bond donors (Lipinski definition) is 1. The summed E-state index contributed by atoms with van der Waals surface area (Å²) < 4.78 is 21.1. The van der Waals surface area contributed by atoms with Crippen molar-refractivity contribution in [1.29, 1.82) is 5.26 Å². The van der Waals surface area contributed by atoms with Crippen LogP contribution in [0.1, 0.15) is 36.1 Å². The van der Waals surface area contributed by atoms with Crippen molar-refractivity contribution >= 4 is 0 Å². The number of nitriles is 1. The van der Waals surface area contributed by atoms with Gasteiger partial charge in [-0.15, -0.1) is 0 Å². The van der Waals surface area contributed by atoms with Gasteiger partial charge in [-0.3, -0.25) is 0 Å². The van der Waals surface area contributed by atoms with E-state index in [4.69, 9.17) is 15.6 Å². The largest absolute Gasteiger partial charge is 0.422 e. The van der Waals surface area contributed by atoms with Crippen LogP contribution in [0.25, 0.3) is 5.69 Å². The van der Waals surface area contributed by atoms with E-state index in [1.54, 1.807) is 16.8 Å². The molecule has 2 N–H and O–H groups in total. The molecule has 0 aliphatic carbocycles. The van der Waals surface area contributed by atoms with Gasteiger partial charge in [0.1, 0.15) is 17.5 Å². The molecule has 2 heterocycles. The average molecular weight is 374 g/mol. The van der Waals surface area contributed by atoms with Gasteiger partial charge in [-0.1, -0.05) is 43.7 Å². The van der Waals surface area contributed by atoms with E-state index >= 15 is 0 Å². The van der Waals surface area contributed by atoms with Gasteiger partial charge in [-0.05, 0) is 36.2 Å². The van der Waals surface area contributed by atoms with Gasteiger partial charge < -0.3 is 10.5 Å². The molecule has 1 aromatic heterocycles. The summed E-state index contributed by atoms with van der Waals surface area (Å²) in [4.78, 5) is 0. The van der Waals surface area contributed by atoms with Crippen LogP contribution < -0.4 is 10.5 Å². The second-order valence-electron chi connectivity index (χ2n) is 6.64. The summed E-state index contributed by atoms with van der Waals surface area (Å²) in [6, 6.07) is 17.9. The third-order valence-electron chi connectivity index (χ3n) is 4.82. The fraction of sp³-hybridized carbons (Fsp3) is 0.182. The summed E-state index contributed by atoms with van der Waals surface area (Å²) in [6.07, 6.45) is 1.61. The Labute approximate surface area is 162 Å². The maximum absolute atomic E-state index is 13.5. The lowest BCUT2D eigenvalue weighted by molar-refractivity contribution is 0.367. The van der Waals surface area contributed by atoms with Gasteiger partial charge in [-0.25, -0.2) is 9.07 Å². The molecule has 0 amide bonds. The number of halogens is 1. The van der Waals surface area contributed by atoms with Gasteiger partial charge in [0.25, 0.3) is 0 Å². The van der Waals surface area contributed by atoms with Crippen molar-refractivity contribution < 1.29 is 9.13 Å². The van der Waals surface area contributed by atoms with Gasteiger partial charge in [0.05, 0.1) is 22.9 Å². The van der Waals surface area contributed by atoms with Crippen molar-refractivity contribution in [3.8, 4) is 17.6 Å². The Morgan fingerprint density at radius 2 is 1.89 bits per heavy atom. The molecule has 0 saturated carbocycles. The minimum atomic E-state index is -0.451. The van der Waals surface area contributed by atoms with Crippen LogP contribution in [0.2, 0.25) is 0 Å². The number of hydrogen-bond acceptors (Lipinski definition) is 4. The van der Waals surface area contributed by atoms with E-state index in [2.05, 4.69) is 13.0 Å². The molecule has 0 bridgehead atoms. The number of nitrogens with two attached hydrogens (primary N) is 1. The molecule has 5 nitrogen and oxygen atoms in total. The summed E-state index contributed by atoms with van der Waals surface area (Å²) >= 11 is 0. The number of nitrogens with zero attached hydrogens (tertiary/aromatic N) is 3. The van der Waals surface area contributed by atoms with E-state index in [1.807, 2.05) is 30.3 Å². The van der Waals surface area contributed by atoms with Crippen LogP contribution >= 0.6 is 0 Å². The molecule has 28 heavy (non-hydrogen) atoms. The van der Waals surface area contributed by atoms with E-state index in [0.717, 1.165) is 35.3 Å². The summed E-state index contributed by atoms with van der Waals surface area (Å²) in [5.41, 5.74) is 9.69. The van der Waals surface area contributed by atoms with E-state index in [9.17, 15) is 9.65 Å². The lowest BCUT2D eigenvalue weighted by atomic mass is 9.83. The number of ether oxygens (including phenoxy) is 1. The first kappa shape index (κ1) is 17.8. The Balaban J connectivity index is 1.97. The van der Waals surface area contributed by atoms with Crippen LogP contribution in [0.15, 0.2) is 66.1 Å². The predicted molar refractivity (Wildman–Crippen MR) is 103 cm³/mol. The zero-order valence-corrected chi connectivity index (χ0v) is 15.4. The Kier molecular flexibility index (Phi) is 4.58. The van der Waals surface area contributed by atoms with Crippen molar-refractivity contribution in [2.24, 2.45) is 5.73 Å². The SMILES string of the molecule is CCCc1nn(-c2ccccc2)c2c1C(c1ccc(F)cc1)C(C#N)=C(N)O2. The second kappa shape index (κ2) is 7.20. The van der Waals surface area contributed by atoms with E-state index in [0.29, 0.717) is 11.5 Å². The first-order valence-corrected chi connectivity index (χ1v) is 9.14. The molecule has 1 atom stereocenters. The van der Waals surface area contributed by atoms with Crippen LogP contribution in [0.5, 0.6) is 5.88 Å². The molecule has 0 spiro atoms. The molecular weight excluding hydrogens is 355 g/mol. The Morgan fingerprint density at radius 3 is 2.54 bits per heavy atom. The minimum Gasteiger partial charge on any atom is -0.422 e. The number of rotatable bonds is 4. The number of allylic oxidation sites excluding steroid dienone is 1. The Bertz CT molecular complexity index is 1080. The highest BCUT2D eigenvalue weighted by Crippen LogP contribution is 2.45. The van der Waals surface area contributed by atoms with E-state index < -0.39 is 5.92 Å². The normalized spacial score (nSPS) is 15.7. The quantitative estimate of drug-likeness (QED) is 0.743. The third-order valence-corrected chi connectivity index (χ3v) is 4.82. The van der Waals surface area contributed by atoms with Crippen LogP contribution in [0, 0.1) is 17.1 Å². The Hall–Kier alpha value is -3.59. The summed E-state index contributed by atoms with van der Waals surface area (Å²) in [5.74, 6) is -0.237. The molecule has 1 aliphatic heterocycles. The average Bonchev–Trinajstić information content (AvgIpc) is 3.06. The first-order chi connectivity index (χ1) is 13.6. The second-order valence-corrected chi connectivity index (χ2v) is 6.64. The zero-order valence-electron chi connectivity index (χ0n) is 15.4. The zero-order chi connectivity index (χ0) is 19.7. The molecule has 0 saturated heterocycles. The fourth-order valence-corrected chi connectivity index (χ4v) is 3.57. The summed E-state index contributed by atoms with van der Waals surface area (Å²) in [7, 11) is 0. The molecule has 2 aromatic carbocycles. The monoisotopic (exact) mass is 374 g/mol. The highest BCUT2D eigenvalue weighted by molar-refractivity contribution is 5.57. The van der Waals surface area contributed by atoms with Gasteiger partial charge >= 0.3 is 0 Å². The molecular formula is C22H19FN4O. The molecule has 1 unspecified atom stereocenters. The van der Waals surface area contributed by atoms with Crippen LogP contribution in [0.3, 0.4) is 0 Å². The van der Waals surface area contributed by atoms with Crippen molar-refractivity contribution in [3.63, 3.8) is 0 Å². The fourth-order valence-electron chi connectivity index (χ4n) is 3.57. The lowest BCUT2D eigenvalue weighted by Crippen LogP contribution is -2.22. The maximum atomic E-state index is 13.5. The highest BCUT2D eigenvalue weighted by Gasteiger charge is 2.36. The van der Waals surface area contributed by atoms with Gasteiger partial charge in [-0.2, -0.15) is 10.4 Å².